The third-order valence-corrected chi connectivity index (χ3v) is 1.34. The Morgan fingerprint density at radius 2 is 1.40 bits per heavy atom. The topological polar surface area (TPSA) is 3.24 Å². The minimum Gasteiger partial charge on any atom is -0.354 e. The van der Waals surface area contributed by atoms with E-state index in [9.17, 15) is 4.39 Å². The van der Waals surface area contributed by atoms with Crippen LogP contribution in [0.1, 0.15) is 48.0 Å². The molecule has 0 aliphatic carbocycles. The van der Waals surface area contributed by atoms with Crippen molar-refractivity contribution in [3.8, 4) is 0 Å². The Balaban J connectivity index is -0.000000245. The largest absolute Gasteiger partial charge is 0.354 e. The van der Waals surface area contributed by atoms with Crippen LogP contribution in [0.2, 0.25) is 0 Å². The number of halogens is 1. The van der Waals surface area contributed by atoms with Crippen LogP contribution in [0.25, 0.3) is 0 Å². The highest BCUT2D eigenvalue weighted by Gasteiger charge is 2.02. The summed E-state index contributed by atoms with van der Waals surface area (Å²) in [6.07, 6.45) is 1.25. The molecule has 0 aromatic carbocycles. The van der Waals surface area contributed by atoms with Crippen LogP contribution in [-0.4, -0.2) is 19.0 Å². The Hall–Kier alpha value is -0.790. The highest BCUT2D eigenvalue weighted by molar-refractivity contribution is 5.25. The normalized spacial score (nSPS) is 9.93. The molecule has 0 rings (SSSR count). The van der Waals surface area contributed by atoms with Gasteiger partial charge in [0.05, 0.1) is 0 Å². The van der Waals surface area contributed by atoms with Gasteiger partial charge in [0, 0.05) is 19.7 Å². The van der Waals surface area contributed by atoms with E-state index in [2.05, 4.69) is 20.4 Å². The molecule has 0 unspecified atom stereocenters. The molecule has 0 bridgehead atoms. The standard InChI is InChI=1S/C8H14FN.C3H8.C2H6/c1-6(2)7(3)8(9)10(4)5;1-3-2;1-2/h1H2,2-5H3;3H2,1-2H3;1-2H3/b8-7-;;. The molecule has 0 N–H and O–H groups in total. The van der Waals surface area contributed by atoms with Gasteiger partial charge < -0.3 is 4.90 Å². The maximum Gasteiger partial charge on any atom is 0.192 e. The van der Waals surface area contributed by atoms with Crippen LogP contribution in [-0.2, 0) is 0 Å². The van der Waals surface area contributed by atoms with Crippen molar-refractivity contribution in [2.75, 3.05) is 14.1 Å². The fourth-order valence-electron chi connectivity index (χ4n) is 0.511. The minimum absolute atomic E-state index is 0.215. The first-order chi connectivity index (χ1) is 6.88. The van der Waals surface area contributed by atoms with Crippen LogP contribution in [0.4, 0.5) is 4.39 Å². The monoisotopic (exact) mass is 217 g/mol. The average molecular weight is 217 g/mol. The molecule has 0 aliphatic heterocycles. The Kier molecular flexibility index (Phi) is 17.4. The average Bonchev–Trinajstić information content (AvgIpc) is 2.19. The molecule has 0 amide bonds. The zero-order chi connectivity index (χ0) is 13.0. The van der Waals surface area contributed by atoms with E-state index in [1.165, 1.54) is 11.3 Å². The number of nitrogens with zero attached hydrogens (tertiary/aromatic N) is 1. The van der Waals surface area contributed by atoms with Crippen LogP contribution in [0, 0.1) is 0 Å². The molecule has 0 aromatic rings. The molecule has 1 nitrogen and oxygen atoms in total. The summed E-state index contributed by atoms with van der Waals surface area (Å²) in [5, 5.41) is 0. The van der Waals surface area contributed by atoms with Gasteiger partial charge in [-0.15, -0.1) is 0 Å². The van der Waals surface area contributed by atoms with E-state index >= 15 is 0 Å². The Bertz CT molecular complexity index is 181. The number of rotatable bonds is 2. The highest BCUT2D eigenvalue weighted by Crippen LogP contribution is 2.14. The first-order valence-corrected chi connectivity index (χ1v) is 5.57. The van der Waals surface area contributed by atoms with Gasteiger partial charge in [0.1, 0.15) is 0 Å². The zero-order valence-electron chi connectivity index (χ0n) is 11.7. The lowest BCUT2D eigenvalue weighted by Gasteiger charge is -2.11. The van der Waals surface area contributed by atoms with Gasteiger partial charge in [0.2, 0.25) is 0 Å². The van der Waals surface area contributed by atoms with E-state index < -0.39 is 0 Å². The zero-order valence-corrected chi connectivity index (χ0v) is 11.7. The smallest absolute Gasteiger partial charge is 0.192 e. The second kappa shape index (κ2) is 13.2. The molecule has 92 valence electrons. The van der Waals surface area contributed by atoms with Crippen LogP contribution in [0.5, 0.6) is 0 Å². The molecule has 0 aromatic heterocycles. The van der Waals surface area contributed by atoms with Crippen molar-refractivity contribution in [2.24, 2.45) is 0 Å². The van der Waals surface area contributed by atoms with Crippen molar-refractivity contribution in [1.29, 1.82) is 0 Å². The molecule has 0 fully saturated rings. The SMILES string of the molecule is C=C(C)/C(C)=C(/F)N(C)C.CC.CCC. The summed E-state index contributed by atoms with van der Waals surface area (Å²) < 4.78 is 12.9. The summed E-state index contributed by atoms with van der Waals surface area (Å²) in [4.78, 5) is 1.43. The van der Waals surface area contributed by atoms with E-state index in [1.54, 1.807) is 27.9 Å². The van der Waals surface area contributed by atoms with E-state index in [0.29, 0.717) is 5.57 Å². The van der Waals surface area contributed by atoms with E-state index in [0.717, 1.165) is 5.57 Å². The summed E-state index contributed by atoms with van der Waals surface area (Å²) in [5.41, 5.74) is 1.39. The maximum absolute atomic E-state index is 12.9. The molecular formula is C13H28FN. The Morgan fingerprint density at radius 1 is 1.13 bits per heavy atom. The molecule has 0 aliphatic rings. The predicted octanol–water partition coefficient (Wildman–Crippen LogP) is 4.77. The summed E-state index contributed by atoms with van der Waals surface area (Å²) in [7, 11) is 3.34. The van der Waals surface area contributed by atoms with Crippen LogP contribution in [0.15, 0.2) is 23.7 Å². The van der Waals surface area contributed by atoms with Crippen LogP contribution < -0.4 is 0 Å². The quantitative estimate of drug-likeness (QED) is 0.476. The van der Waals surface area contributed by atoms with Gasteiger partial charge in [-0.05, 0) is 13.8 Å². The number of hydrogen-bond donors (Lipinski definition) is 0. The second-order valence-corrected chi connectivity index (χ2v) is 3.30. The van der Waals surface area contributed by atoms with Gasteiger partial charge in [-0.1, -0.05) is 46.3 Å². The van der Waals surface area contributed by atoms with Gasteiger partial charge in [0.15, 0.2) is 5.95 Å². The number of hydrogen-bond acceptors (Lipinski definition) is 1. The minimum atomic E-state index is -0.215. The predicted molar refractivity (Wildman–Crippen MR) is 69.6 cm³/mol. The van der Waals surface area contributed by atoms with E-state index in [4.69, 9.17) is 0 Å². The lowest BCUT2D eigenvalue weighted by Crippen LogP contribution is -2.09. The highest BCUT2D eigenvalue weighted by atomic mass is 19.1. The van der Waals surface area contributed by atoms with Crippen LogP contribution in [0.3, 0.4) is 0 Å². The van der Waals surface area contributed by atoms with E-state index in [1.807, 2.05) is 13.8 Å². The first-order valence-electron chi connectivity index (χ1n) is 5.57. The van der Waals surface area contributed by atoms with Gasteiger partial charge in [-0.3, -0.25) is 0 Å². The van der Waals surface area contributed by atoms with Crippen molar-refractivity contribution >= 4 is 0 Å². The van der Waals surface area contributed by atoms with Crippen LogP contribution >= 0.6 is 0 Å². The number of allylic oxidation sites excluding steroid dienone is 2. The molecule has 0 atom stereocenters. The summed E-state index contributed by atoms with van der Waals surface area (Å²) >= 11 is 0. The van der Waals surface area contributed by atoms with Gasteiger partial charge >= 0.3 is 0 Å². The van der Waals surface area contributed by atoms with Gasteiger partial charge in [0.25, 0.3) is 0 Å². The molecule has 0 saturated carbocycles. The fraction of sp³-hybridized carbons (Fsp3) is 0.692. The maximum atomic E-state index is 12.9. The van der Waals surface area contributed by atoms with Gasteiger partial charge in [-0.2, -0.15) is 4.39 Å². The Morgan fingerprint density at radius 3 is 1.47 bits per heavy atom. The molecule has 0 spiro atoms. The van der Waals surface area contributed by atoms with Crippen molar-refractivity contribution in [1.82, 2.24) is 4.90 Å². The molecular weight excluding hydrogens is 189 g/mol. The van der Waals surface area contributed by atoms with Crippen molar-refractivity contribution < 1.29 is 4.39 Å². The molecule has 2 heteroatoms. The third kappa shape index (κ3) is 13.2. The molecule has 0 radical (unpaired) electrons. The van der Waals surface area contributed by atoms with Crippen molar-refractivity contribution in [2.45, 2.75) is 48.0 Å². The fourth-order valence-corrected chi connectivity index (χ4v) is 0.511. The summed E-state index contributed by atoms with van der Waals surface area (Å²) in [6, 6.07) is 0. The van der Waals surface area contributed by atoms with Gasteiger partial charge in [-0.25, -0.2) is 0 Å². The Labute approximate surface area is 95.7 Å². The molecule has 0 saturated heterocycles. The lowest BCUT2D eigenvalue weighted by atomic mass is 10.2. The third-order valence-electron chi connectivity index (χ3n) is 1.34. The first kappa shape index (κ1) is 19.7. The molecule has 0 heterocycles. The van der Waals surface area contributed by atoms with Crippen molar-refractivity contribution in [3.63, 3.8) is 0 Å². The van der Waals surface area contributed by atoms with Crippen molar-refractivity contribution in [3.05, 3.63) is 23.7 Å². The lowest BCUT2D eigenvalue weighted by molar-refractivity contribution is 0.368. The summed E-state index contributed by atoms with van der Waals surface area (Å²) in [5.74, 6) is -0.215. The van der Waals surface area contributed by atoms with E-state index in [-0.39, 0.29) is 5.95 Å². The molecule has 15 heavy (non-hydrogen) atoms. The second-order valence-electron chi connectivity index (χ2n) is 3.30. The summed E-state index contributed by atoms with van der Waals surface area (Å²) in [6.45, 7) is 15.4.